The maximum Gasteiger partial charge on any atom is 0.250 e. The van der Waals surface area contributed by atoms with Crippen molar-refractivity contribution in [2.75, 3.05) is 13.1 Å². The van der Waals surface area contributed by atoms with Gasteiger partial charge in [0, 0.05) is 36.8 Å². The predicted octanol–water partition coefficient (Wildman–Crippen LogP) is 3.20. The molecule has 1 amide bonds. The highest BCUT2D eigenvalue weighted by atomic mass is 16.5. The number of carbonyl (C=O) groups is 1. The van der Waals surface area contributed by atoms with Gasteiger partial charge in [-0.05, 0) is 51.0 Å². The molecule has 1 aromatic heterocycles. The smallest absolute Gasteiger partial charge is 0.250 e. The molecule has 2 heterocycles. The van der Waals surface area contributed by atoms with Crippen LogP contribution in [0.1, 0.15) is 39.7 Å². The molecule has 1 aromatic rings. The van der Waals surface area contributed by atoms with Gasteiger partial charge < -0.3 is 9.64 Å². The summed E-state index contributed by atoms with van der Waals surface area (Å²) in [6, 6.07) is 1.97. The number of hydrogen-bond acceptors (Lipinski definition) is 3. The Hall–Kier alpha value is -2.10. The van der Waals surface area contributed by atoms with Crippen molar-refractivity contribution in [3.63, 3.8) is 0 Å². The molecule has 1 aliphatic carbocycles. The number of likely N-dealkylation sites (N-methyl/N-ethyl adjacent to an activating group) is 1. The monoisotopic (exact) mass is 298 g/mol. The van der Waals surface area contributed by atoms with Gasteiger partial charge in [0.15, 0.2) is 0 Å². The fourth-order valence-corrected chi connectivity index (χ4v) is 3.27. The van der Waals surface area contributed by atoms with E-state index in [9.17, 15) is 4.79 Å². The Morgan fingerprint density at radius 3 is 2.77 bits per heavy atom. The minimum atomic E-state index is -0.434. The topological polar surface area (TPSA) is 42.4 Å². The summed E-state index contributed by atoms with van der Waals surface area (Å²) in [5.41, 5.74) is 3.79. The average Bonchev–Trinajstić information content (AvgIpc) is 2.94. The zero-order valence-electron chi connectivity index (χ0n) is 13.6. The first-order valence-electron chi connectivity index (χ1n) is 7.84. The van der Waals surface area contributed by atoms with Gasteiger partial charge >= 0.3 is 0 Å². The van der Waals surface area contributed by atoms with Crippen LogP contribution in [-0.2, 0) is 4.79 Å². The molecule has 0 saturated heterocycles. The van der Waals surface area contributed by atoms with Gasteiger partial charge in [-0.1, -0.05) is 0 Å². The molecule has 1 aliphatic heterocycles. The third-order valence-electron chi connectivity index (χ3n) is 4.46. The maximum atomic E-state index is 12.7. The lowest BCUT2D eigenvalue weighted by atomic mass is 9.88. The van der Waals surface area contributed by atoms with Gasteiger partial charge in [-0.25, -0.2) is 0 Å². The van der Waals surface area contributed by atoms with Crippen molar-refractivity contribution in [3.05, 3.63) is 41.2 Å². The van der Waals surface area contributed by atoms with E-state index in [1.165, 1.54) is 5.57 Å². The van der Waals surface area contributed by atoms with Gasteiger partial charge in [0.05, 0.1) is 6.20 Å². The van der Waals surface area contributed by atoms with Crippen LogP contribution in [0.4, 0.5) is 0 Å². The molecule has 0 N–H and O–H groups in total. The minimum Gasteiger partial charge on any atom is -0.481 e. The molecule has 0 aromatic carbocycles. The Kier molecular flexibility index (Phi) is 3.55. The van der Waals surface area contributed by atoms with Crippen LogP contribution in [0, 0.1) is 0 Å². The number of pyridine rings is 1. The van der Waals surface area contributed by atoms with Crippen molar-refractivity contribution < 1.29 is 9.53 Å². The van der Waals surface area contributed by atoms with Crippen LogP contribution in [0.3, 0.4) is 0 Å². The molecule has 0 atom stereocenters. The molecule has 0 fully saturated rings. The predicted molar refractivity (Wildman–Crippen MR) is 86.5 cm³/mol. The zero-order chi connectivity index (χ0) is 15.9. The quantitative estimate of drug-likeness (QED) is 0.860. The van der Waals surface area contributed by atoms with E-state index in [2.05, 4.69) is 4.98 Å². The van der Waals surface area contributed by atoms with Crippen LogP contribution in [0.25, 0.3) is 5.57 Å². The molecule has 0 spiro atoms. The third kappa shape index (κ3) is 2.23. The second-order valence-electron chi connectivity index (χ2n) is 6.20. The van der Waals surface area contributed by atoms with E-state index in [4.69, 9.17) is 4.74 Å². The van der Waals surface area contributed by atoms with E-state index in [0.29, 0.717) is 6.42 Å². The summed E-state index contributed by atoms with van der Waals surface area (Å²) in [7, 11) is 0. The van der Waals surface area contributed by atoms with E-state index in [-0.39, 0.29) is 5.91 Å². The zero-order valence-corrected chi connectivity index (χ0v) is 13.6. The highest BCUT2D eigenvalue weighted by Gasteiger charge is 2.38. The van der Waals surface area contributed by atoms with Gasteiger partial charge in [0.25, 0.3) is 0 Å². The number of ether oxygens (including phenoxy) is 1. The van der Waals surface area contributed by atoms with E-state index in [1.54, 1.807) is 12.4 Å². The molecule has 0 bridgehead atoms. The Labute approximate surface area is 131 Å². The largest absolute Gasteiger partial charge is 0.481 e. The first kappa shape index (κ1) is 14.8. The highest BCUT2D eigenvalue weighted by molar-refractivity contribution is 6.00. The maximum absolute atomic E-state index is 12.7. The van der Waals surface area contributed by atoms with Gasteiger partial charge in [-0.3, -0.25) is 9.78 Å². The van der Waals surface area contributed by atoms with E-state index >= 15 is 0 Å². The third-order valence-corrected chi connectivity index (χ3v) is 4.46. The molecule has 0 saturated carbocycles. The average molecular weight is 298 g/mol. The lowest BCUT2D eigenvalue weighted by Gasteiger charge is -2.33. The standard InChI is InChI=1S/C18H22N2O2/c1-5-20(6-2)17(21)12-9-14-13-7-8-19-11-16(13)22-18(3,4)15(14)10-12/h7-8,10-11H,5-6,9H2,1-4H3. The van der Waals surface area contributed by atoms with E-state index < -0.39 is 5.60 Å². The molecule has 4 nitrogen and oxygen atoms in total. The lowest BCUT2D eigenvalue weighted by molar-refractivity contribution is -0.126. The summed E-state index contributed by atoms with van der Waals surface area (Å²) in [5.74, 6) is 0.932. The van der Waals surface area contributed by atoms with Gasteiger partial charge in [-0.2, -0.15) is 0 Å². The second kappa shape index (κ2) is 5.27. The normalized spacial score (nSPS) is 18.3. The lowest BCUT2D eigenvalue weighted by Crippen LogP contribution is -2.33. The first-order chi connectivity index (χ1) is 10.5. The van der Waals surface area contributed by atoms with Crippen molar-refractivity contribution in [2.45, 2.75) is 39.7 Å². The molecular weight excluding hydrogens is 276 g/mol. The Morgan fingerprint density at radius 2 is 2.09 bits per heavy atom. The number of allylic oxidation sites excluding steroid dienone is 1. The number of rotatable bonds is 3. The molecule has 22 heavy (non-hydrogen) atoms. The number of amides is 1. The van der Waals surface area contributed by atoms with Crippen LogP contribution in [0.15, 0.2) is 35.7 Å². The van der Waals surface area contributed by atoms with E-state index in [1.807, 2.05) is 44.7 Å². The minimum absolute atomic E-state index is 0.130. The molecule has 0 unspecified atom stereocenters. The van der Waals surface area contributed by atoms with Crippen LogP contribution in [0.2, 0.25) is 0 Å². The van der Waals surface area contributed by atoms with Gasteiger partial charge in [0.1, 0.15) is 11.4 Å². The number of carbonyl (C=O) groups excluding carboxylic acids is 1. The summed E-state index contributed by atoms with van der Waals surface area (Å²) in [6.07, 6.45) is 6.23. The molecule has 0 radical (unpaired) electrons. The SMILES string of the molecule is CCN(CC)C(=O)C1=CC2=C(C1)c1ccncc1OC2(C)C. The fraction of sp³-hybridized carbons (Fsp3) is 0.444. The molecule has 4 heteroatoms. The van der Waals surface area contributed by atoms with Crippen LogP contribution in [-0.4, -0.2) is 34.5 Å². The van der Waals surface area contributed by atoms with Gasteiger partial charge in [0.2, 0.25) is 5.91 Å². The van der Waals surface area contributed by atoms with Gasteiger partial charge in [-0.15, -0.1) is 0 Å². The van der Waals surface area contributed by atoms with Crippen LogP contribution < -0.4 is 4.74 Å². The Bertz CT molecular complexity index is 682. The molecule has 3 rings (SSSR count). The number of aromatic nitrogens is 1. The summed E-state index contributed by atoms with van der Waals surface area (Å²) in [5, 5.41) is 0. The second-order valence-corrected chi connectivity index (χ2v) is 6.20. The number of nitrogens with zero attached hydrogens (tertiary/aromatic N) is 2. The van der Waals surface area contributed by atoms with Crippen LogP contribution >= 0.6 is 0 Å². The molecular formula is C18H22N2O2. The van der Waals surface area contributed by atoms with Crippen molar-refractivity contribution in [1.82, 2.24) is 9.88 Å². The van der Waals surface area contributed by atoms with Crippen molar-refractivity contribution >= 4 is 11.5 Å². The Morgan fingerprint density at radius 1 is 1.36 bits per heavy atom. The van der Waals surface area contributed by atoms with Crippen molar-refractivity contribution in [1.29, 1.82) is 0 Å². The number of hydrogen-bond donors (Lipinski definition) is 0. The fourth-order valence-electron chi connectivity index (χ4n) is 3.27. The van der Waals surface area contributed by atoms with Crippen LogP contribution in [0.5, 0.6) is 5.75 Å². The van der Waals surface area contributed by atoms with Crippen molar-refractivity contribution in [2.24, 2.45) is 0 Å². The number of fused-ring (bicyclic) bond motifs is 2. The molecule has 116 valence electrons. The first-order valence-corrected chi connectivity index (χ1v) is 7.84. The summed E-state index contributed by atoms with van der Waals surface area (Å²) in [6.45, 7) is 9.57. The summed E-state index contributed by atoms with van der Waals surface area (Å²) < 4.78 is 6.08. The highest BCUT2D eigenvalue weighted by Crippen LogP contribution is 2.47. The Balaban J connectivity index is 1.99. The van der Waals surface area contributed by atoms with Crippen molar-refractivity contribution in [3.8, 4) is 5.75 Å². The summed E-state index contributed by atoms with van der Waals surface area (Å²) >= 11 is 0. The summed E-state index contributed by atoms with van der Waals surface area (Å²) in [4.78, 5) is 18.7. The molecule has 2 aliphatic rings. The van der Waals surface area contributed by atoms with E-state index in [0.717, 1.165) is 35.5 Å².